The van der Waals surface area contributed by atoms with Crippen LogP contribution >= 0.6 is 11.8 Å². The van der Waals surface area contributed by atoms with Crippen LogP contribution in [0, 0.1) is 6.92 Å². The maximum absolute atomic E-state index is 4.33. The predicted molar refractivity (Wildman–Crippen MR) is 73.3 cm³/mol. The summed E-state index contributed by atoms with van der Waals surface area (Å²) in [5.74, 6) is 0. The molecular formula is C13H17N3S. The van der Waals surface area contributed by atoms with E-state index in [1.807, 2.05) is 7.05 Å². The minimum absolute atomic E-state index is 0.782. The second kappa shape index (κ2) is 5.38. The van der Waals surface area contributed by atoms with Crippen molar-refractivity contribution in [1.29, 1.82) is 0 Å². The highest BCUT2D eigenvalue weighted by Crippen LogP contribution is 2.27. The van der Waals surface area contributed by atoms with E-state index in [9.17, 15) is 0 Å². The normalized spacial score (nSPS) is 10.8. The average Bonchev–Trinajstić information content (AvgIpc) is 2.71. The minimum Gasteiger partial charge on any atom is -0.314 e. The average molecular weight is 247 g/mol. The van der Waals surface area contributed by atoms with Crippen molar-refractivity contribution in [2.45, 2.75) is 18.4 Å². The second-order valence-corrected chi connectivity index (χ2v) is 4.81. The van der Waals surface area contributed by atoms with Crippen molar-refractivity contribution in [2.24, 2.45) is 0 Å². The first-order valence-electron chi connectivity index (χ1n) is 5.59. The van der Waals surface area contributed by atoms with E-state index >= 15 is 0 Å². The summed E-state index contributed by atoms with van der Waals surface area (Å²) in [5.41, 5.74) is 4.63. The molecule has 0 radical (unpaired) electrons. The molecule has 0 atom stereocenters. The van der Waals surface area contributed by atoms with Gasteiger partial charge in [0.15, 0.2) is 0 Å². The smallest absolute Gasteiger partial charge is 0.0840 e. The first-order valence-corrected chi connectivity index (χ1v) is 6.81. The van der Waals surface area contributed by atoms with Gasteiger partial charge < -0.3 is 5.32 Å². The Morgan fingerprint density at radius 3 is 2.59 bits per heavy atom. The van der Waals surface area contributed by atoms with E-state index in [2.05, 4.69) is 53.0 Å². The summed E-state index contributed by atoms with van der Waals surface area (Å²) in [6, 6.07) is 8.61. The molecule has 0 amide bonds. The van der Waals surface area contributed by atoms with Crippen LogP contribution in [0.3, 0.4) is 0 Å². The molecule has 2 N–H and O–H groups in total. The van der Waals surface area contributed by atoms with Gasteiger partial charge in [-0.3, -0.25) is 5.10 Å². The Labute approximate surface area is 106 Å². The van der Waals surface area contributed by atoms with Crippen molar-refractivity contribution in [3.63, 3.8) is 0 Å². The van der Waals surface area contributed by atoms with Crippen molar-refractivity contribution < 1.29 is 0 Å². The molecule has 2 aromatic rings. The molecule has 0 unspecified atom stereocenters. The van der Waals surface area contributed by atoms with Crippen LogP contribution in [0.15, 0.2) is 29.2 Å². The van der Waals surface area contributed by atoms with Crippen LogP contribution in [0.4, 0.5) is 0 Å². The molecule has 0 aliphatic carbocycles. The van der Waals surface area contributed by atoms with Gasteiger partial charge in [-0.1, -0.05) is 12.1 Å². The molecule has 0 bridgehead atoms. The van der Waals surface area contributed by atoms with E-state index in [1.54, 1.807) is 11.8 Å². The summed E-state index contributed by atoms with van der Waals surface area (Å²) in [5, 5.41) is 10.5. The summed E-state index contributed by atoms with van der Waals surface area (Å²) < 4.78 is 0. The van der Waals surface area contributed by atoms with Gasteiger partial charge in [-0.2, -0.15) is 5.10 Å². The van der Waals surface area contributed by atoms with Gasteiger partial charge in [0, 0.05) is 22.7 Å². The first kappa shape index (κ1) is 12.2. The lowest BCUT2D eigenvalue weighted by Gasteiger charge is -2.05. The third-order valence-electron chi connectivity index (χ3n) is 2.75. The molecule has 0 fully saturated rings. The summed E-state index contributed by atoms with van der Waals surface area (Å²) in [7, 11) is 1.94. The lowest BCUT2D eigenvalue weighted by molar-refractivity contribution is 0.785. The number of nitrogens with zero attached hydrogens (tertiary/aromatic N) is 1. The number of aromatic nitrogens is 2. The molecular weight excluding hydrogens is 230 g/mol. The number of H-pyrrole nitrogens is 1. The number of aryl methyl sites for hydroxylation is 1. The van der Waals surface area contributed by atoms with Crippen LogP contribution in [0.5, 0.6) is 0 Å². The van der Waals surface area contributed by atoms with Crippen LogP contribution in [-0.2, 0) is 6.54 Å². The Bertz CT molecular complexity index is 488. The van der Waals surface area contributed by atoms with E-state index < -0.39 is 0 Å². The Morgan fingerprint density at radius 2 is 2.00 bits per heavy atom. The van der Waals surface area contributed by atoms with Gasteiger partial charge >= 0.3 is 0 Å². The maximum Gasteiger partial charge on any atom is 0.0840 e. The van der Waals surface area contributed by atoms with E-state index in [1.165, 1.54) is 16.0 Å². The lowest BCUT2D eigenvalue weighted by atomic mass is 10.0. The first-order chi connectivity index (χ1) is 8.26. The van der Waals surface area contributed by atoms with Crippen LogP contribution in [0.2, 0.25) is 0 Å². The molecule has 0 saturated carbocycles. The number of aromatic amines is 1. The fraction of sp³-hybridized carbons (Fsp3) is 0.308. The van der Waals surface area contributed by atoms with Gasteiger partial charge in [0.05, 0.1) is 5.69 Å². The molecule has 1 heterocycles. The van der Waals surface area contributed by atoms with Gasteiger partial charge in [0.2, 0.25) is 0 Å². The molecule has 0 aliphatic heterocycles. The number of hydrogen-bond acceptors (Lipinski definition) is 3. The minimum atomic E-state index is 0.782. The van der Waals surface area contributed by atoms with Crippen LogP contribution in [0.25, 0.3) is 11.1 Å². The molecule has 17 heavy (non-hydrogen) atoms. The zero-order valence-corrected chi connectivity index (χ0v) is 11.2. The zero-order chi connectivity index (χ0) is 12.3. The largest absolute Gasteiger partial charge is 0.314 e. The second-order valence-electron chi connectivity index (χ2n) is 3.93. The topological polar surface area (TPSA) is 40.7 Å². The number of nitrogens with one attached hydrogen (secondary N) is 2. The molecule has 90 valence electrons. The van der Waals surface area contributed by atoms with Crippen LogP contribution in [0.1, 0.15) is 11.4 Å². The van der Waals surface area contributed by atoms with E-state index in [0.717, 1.165) is 17.9 Å². The Balaban J connectivity index is 2.40. The SMILES string of the molecule is CNCc1n[nH]c(C)c1-c1ccc(SC)cc1. The van der Waals surface area contributed by atoms with Gasteiger partial charge in [-0.15, -0.1) is 11.8 Å². The quantitative estimate of drug-likeness (QED) is 0.816. The summed E-state index contributed by atoms with van der Waals surface area (Å²) in [4.78, 5) is 1.28. The maximum atomic E-state index is 4.33. The standard InChI is InChI=1S/C13H17N3S/c1-9-13(12(8-14-2)16-15-9)10-4-6-11(17-3)7-5-10/h4-7,14H,8H2,1-3H3,(H,15,16). The fourth-order valence-corrected chi connectivity index (χ4v) is 2.32. The highest BCUT2D eigenvalue weighted by atomic mass is 32.2. The van der Waals surface area contributed by atoms with Crippen molar-refractivity contribution in [3.05, 3.63) is 35.7 Å². The molecule has 0 aliphatic rings. The zero-order valence-electron chi connectivity index (χ0n) is 10.4. The number of rotatable bonds is 4. The van der Waals surface area contributed by atoms with Crippen molar-refractivity contribution in [3.8, 4) is 11.1 Å². The summed E-state index contributed by atoms with van der Waals surface area (Å²) >= 11 is 1.76. The highest BCUT2D eigenvalue weighted by Gasteiger charge is 2.11. The molecule has 1 aromatic heterocycles. The number of benzene rings is 1. The van der Waals surface area contributed by atoms with Crippen molar-refractivity contribution in [1.82, 2.24) is 15.5 Å². The molecule has 0 spiro atoms. The van der Waals surface area contributed by atoms with E-state index in [-0.39, 0.29) is 0 Å². The van der Waals surface area contributed by atoms with Gasteiger partial charge in [-0.05, 0) is 37.9 Å². The highest BCUT2D eigenvalue weighted by molar-refractivity contribution is 7.98. The van der Waals surface area contributed by atoms with Crippen molar-refractivity contribution in [2.75, 3.05) is 13.3 Å². The molecule has 0 saturated heterocycles. The van der Waals surface area contributed by atoms with E-state index in [0.29, 0.717) is 0 Å². The Hall–Kier alpha value is -1.26. The van der Waals surface area contributed by atoms with Crippen LogP contribution < -0.4 is 5.32 Å². The Morgan fingerprint density at radius 1 is 1.29 bits per heavy atom. The third-order valence-corrected chi connectivity index (χ3v) is 3.49. The monoisotopic (exact) mass is 247 g/mol. The molecule has 3 nitrogen and oxygen atoms in total. The molecule has 2 rings (SSSR count). The lowest BCUT2D eigenvalue weighted by Crippen LogP contribution is -2.06. The van der Waals surface area contributed by atoms with Gasteiger partial charge in [0.1, 0.15) is 0 Å². The summed E-state index contributed by atoms with van der Waals surface area (Å²) in [6.07, 6.45) is 2.09. The van der Waals surface area contributed by atoms with Gasteiger partial charge in [0.25, 0.3) is 0 Å². The number of hydrogen-bond donors (Lipinski definition) is 2. The van der Waals surface area contributed by atoms with Crippen molar-refractivity contribution >= 4 is 11.8 Å². The Kier molecular flexibility index (Phi) is 3.86. The number of thioether (sulfide) groups is 1. The summed E-state index contributed by atoms with van der Waals surface area (Å²) in [6.45, 7) is 2.84. The molecule has 1 aromatic carbocycles. The van der Waals surface area contributed by atoms with E-state index in [4.69, 9.17) is 0 Å². The fourth-order valence-electron chi connectivity index (χ4n) is 1.92. The molecule has 4 heteroatoms. The van der Waals surface area contributed by atoms with Crippen LogP contribution in [-0.4, -0.2) is 23.5 Å². The third kappa shape index (κ3) is 2.53. The van der Waals surface area contributed by atoms with Gasteiger partial charge in [-0.25, -0.2) is 0 Å². The predicted octanol–water partition coefficient (Wildman–Crippen LogP) is 2.83.